The van der Waals surface area contributed by atoms with E-state index in [2.05, 4.69) is 10.6 Å². The molecule has 116 valence electrons. The van der Waals surface area contributed by atoms with Crippen LogP contribution in [0.5, 0.6) is 0 Å². The molecule has 0 radical (unpaired) electrons. The Morgan fingerprint density at radius 3 is 2.62 bits per heavy atom. The largest absolute Gasteiger partial charge is 0.336 e. The summed E-state index contributed by atoms with van der Waals surface area (Å²) < 4.78 is 25.1. The van der Waals surface area contributed by atoms with Gasteiger partial charge >= 0.3 is 6.03 Å². The van der Waals surface area contributed by atoms with Crippen LogP contribution in [0.2, 0.25) is 0 Å². The number of nitrogens with one attached hydrogen (secondary N) is 2. The summed E-state index contributed by atoms with van der Waals surface area (Å²) in [6.07, 6.45) is 1.75. The maximum absolute atomic E-state index is 11.9. The summed E-state index contributed by atoms with van der Waals surface area (Å²) in [5, 5.41) is 5.69. The Kier molecular flexibility index (Phi) is 4.41. The summed E-state index contributed by atoms with van der Waals surface area (Å²) >= 11 is 0. The first-order chi connectivity index (χ1) is 9.79. The van der Waals surface area contributed by atoms with E-state index in [1.807, 2.05) is 26.0 Å². The number of rotatable bonds is 3. The number of fused-ring (bicyclic) bond motifs is 1. The van der Waals surface area contributed by atoms with Crippen molar-refractivity contribution >= 4 is 21.7 Å². The Morgan fingerprint density at radius 1 is 1.33 bits per heavy atom. The van der Waals surface area contributed by atoms with Crippen molar-refractivity contribution in [2.45, 2.75) is 32.4 Å². The molecule has 2 amide bonds. The predicted octanol–water partition coefficient (Wildman–Crippen LogP) is 1.60. The quantitative estimate of drug-likeness (QED) is 0.890. The number of sulfonamides is 1. The van der Waals surface area contributed by atoms with Gasteiger partial charge in [-0.25, -0.2) is 13.2 Å². The topological polar surface area (TPSA) is 78.5 Å². The van der Waals surface area contributed by atoms with Gasteiger partial charge in [-0.3, -0.25) is 4.31 Å². The van der Waals surface area contributed by atoms with E-state index in [0.29, 0.717) is 18.7 Å². The fourth-order valence-electron chi connectivity index (χ4n) is 2.49. The monoisotopic (exact) mass is 311 g/mol. The summed E-state index contributed by atoms with van der Waals surface area (Å²) in [5.74, 6) is 0. The van der Waals surface area contributed by atoms with E-state index in [4.69, 9.17) is 0 Å². The Hall–Kier alpha value is -1.76. The van der Waals surface area contributed by atoms with Gasteiger partial charge in [0.25, 0.3) is 0 Å². The van der Waals surface area contributed by atoms with Crippen LogP contribution in [0.25, 0.3) is 0 Å². The number of anilines is 1. The number of hydrogen-bond acceptors (Lipinski definition) is 3. The zero-order valence-corrected chi connectivity index (χ0v) is 13.3. The Balaban J connectivity index is 2.26. The highest BCUT2D eigenvalue weighted by molar-refractivity contribution is 7.92. The minimum atomic E-state index is -3.31. The van der Waals surface area contributed by atoms with Gasteiger partial charge < -0.3 is 10.6 Å². The fourth-order valence-corrected chi connectivity index (χ4v) is 3.45. The van der Waals surface area contributed by atoms with Crippen molar-refractivity contribution in [3.05, 3.63) is 29.8 Å². The average Bonchev–Trinajstić information content (AvgIpc) is 2.36. The van der Waals surface area contributed by atoms with Gasteiger partial charge in [-0.15, -0.1) is 0 Å². The summed E-state index contributed by atoms with van der Waals surface area (Å²) in [6, 6.07) is 6.90. The Morgan fingerprint density at radius 2 is 2.00 bits per heavy atom. The number of nitrogens with zero attached hydrogens (tertiary/aromatic N) is 1. The predicted molar refractivity (Wildman–Crippen MR) is 82.8 cm³/mol. The third-order valence-electron chi connectivity index (χ3n) is 3.33. The van der Waals surface area contributed by atoms with Gasteiger partial charge in [-0.1, -0.05) is 18.2 Å². The van der Waals surface area contributed by atoms with Gasteiger partial charge in [0.2, 0.25) is 10.0 Å². The van der Waals surface area contributed by atoms with Gasteiger partial charge in [0.15, 0.2) is 0 Å². The van der Waals surface area contributed by atoms with Crippen molar-refractivity contribution in [1.82, 2.24) is 10.6 Å². The highest BCUT2D eigenvalue weighted by atomic mass is 32.2. The zero-order valence-electron chi connectivity index (χ0n) is 12.5. The van der Waals surface area contributed by atoms with Crippen LogP contribution in [0.1, 0.15) is 31.9 Å². The molecule has 0 spiro atoms. The Bertz CT molecular complexity index is 628. The van der Waals surface area contributed by atoms with E-state index in [-0.39, 0.29) is 18.1 Å². The number of benzene rings is 1. The summed E-state index contributed by atoms with van der Waals surface area (Å²) in [4.78, 5) is 11.9. The molecular formula is C14H21N3O3S. The van der Waals surface area contributed by atoms with Gasteiger partial charge in [0.1, 0.15) is 0 Å². The smallest absolute Gasteiger partial charge is 0.315 e. The van der Waals surface area contributed by atoms with Crippen LogP contribution in [0, 0.1) is 0 Å². The number of urea groups is 1. The molecule has 0 bridgehead atoms. The van der Waals surface area contributed by atoms with E-state index in [1.54, 1.807) is 12.1 Å². The summed E-state index contributed by atoms with van der Waals surface area (Å²) in [7, 11) is -3.31. The van der Waals surface area contributed by atoms with Crippen molar-refractivity contribution in [3.63, 3.8) is 0 Å². The summed E-state index contributed by atoms with van der Waals surface area (Å²) in [6.45, 7) is 4.14. The number of amides is 2. The minimum absolute atomic E-state index is 0.0522. The second-order valence-corrected chi connectivity index (χ2v) is 7.41. The molecule has 2 N–H and O–H groups in total. The van der Waals surface area contributed by atoms with Gasteiger partial charge in [0.05, 0.1) is 18.0 Å². The molecule has 0 fully saturated rings. The molecule has 1 unspecified atom stereocenters. The molecule has 6 nitrogen and oxygen atoms in total. The van der Waals surface area contributed by atoms with E-state index in [1.165, 1.54) is 10.6 Å². The van der Waals surface area contributed by atoms with Crippen molar-refractivity contribution in [1.29, 1.82) is 0 Å². The molecule has 0 saturated heterocycles. The van der Waals surface area contributed by atoms with E-state index >= 15 is 0 Å². The number of para-hydroxylation sites is 1. The van der Waals surface area contributed by atoms with E-state index in [9.17, 15) is 13.2 Å². The maximum atomic E-state index is 11.9. The van der Waals surface area contributed by atoms with Gasteiger partial charge in [-0.2, -0.15) is 0 Å². The molecule has 1 aromatic carbocycles. The second kappa shape index (κ2) is 5.93. The number of carbonyl (C=O) groups is 1. The number of carbonyl (C=O) groups excluding carboxylic acids is 1. The average molecular weight is 311 g/mol. The fraction of sp³-hybridized carbons (Fsp3) is 0.500. The summed E-state index contributed by atoms with van der Waals surface area (Å²) in [5.41, 5.74) is 1.47. The Labute approximate surface area is 125 Å². The molecule has 0 saturated carbocycles. The normalized spacial score (nSPS) is 18.3. The molecular weight excluding hydrogens is 290 g/mol. The molecule has 1 aromatic rings. The van der Waals surface area contributed by atoms with Crippen LogP contribution in [-0.2, 0) is 10.0 Å². The second-order valence-electron chi connectivity index (χ2n) is 5.51. The lowest BCUT2D eigenvalue weighted by Gasteiger charge is -2.34. The molecule has 1 atom stereocenters. The lowest BCUT2D eigenvalue weighted by molar-refractivity contribution is 0.234. The van der Waals surface area contributed by atoms with Crippen LogP contribution in [0.15, 0.2) is 24.3 Å². The molecule has 1 heterocycles. The SMILES string of the molecule is CC(C)NC(=O)NC1CCN(S(C)(=O)=O)c2ccccc21. The lowest BCUT2D eigenvalue weighted by atomic mass is 9.98. The molecule has 1 aliphatic heterocycles. The highest BCUT2D eigenvalue weighted by Gasteiger charge is 2.30. The molecule has 0 aliphatic carbocycles. The minimum Gasteiger partial charge on any atom is -0.336 e. The van der Waals surface area contributed by atoms with Crippen molar-refractivity contribution in [3.8, 4) is 0 Å². The molecule has 2 rings (SSSR count). The van der Waals surface area contributed by atoms with Crippen LogP contribution in [0.3, 0.4) is 0 Å². The zero-order chi connectivity index (χ0) is 15.6. The van der Waals surface area contributed by atoms with Crippen LogP contribution < -0.4 is 14.9 Å². The van der Waals surface area contributed by atoms with Crippen LogP contribution in [0.4, 0.5) is 10.5 Å². The van der Waals surface area contributed by atoms with Crippen LogP contribution >= 0.6 is 0 Å². The van der Waals surface area contributed by atoms with E-state index in [0.717, 1.165) is 5.56 Å². The number of hydrogen-bond donors (Lipinski definition) is 2. The van der Waals surface area contributed by atoms with Crippen molar-refractivity contribution < 1.29 is 13.2 Å². The van der Waals surface area contributed by atoms with E-state index < -0.39 is 10.0 Å². The van der Waals surface area contributed by atoms with Crippen molar-refractivity contribution in [2.75, 3.05) is 17.1 Å². The van der Waals surface area contributed by atoms with Gasteiger partial charge in [0, 0.05) is 12.6 Å². The van der Waals surface area contributed by atoms with Crippen molar-refractivity contribution in [2.24, 2.45) is 0 Å². The van der Waals surface area contributed by atoms with Gasteiger partial charge in [-0.05, 0) is 31.9 Å². The third-order valence-corrected chi connectivity index (χ3v) is 4.51. The first kappa shape index (κ1) is 15.6. The first-order valence-electron chi connectivity index (χ1n) is 6.92. The first-order valence-corrected chi connectivity index (χ1v) is 8.77. The lowest BCUT2D eigenvalue weighted by Crippen LogP contribution is -2.45. The standard InChI is InChI=1S/C14H21N3O3S/c1-10(2)15-14(18)16-12-8-9-17(21(3,19)20)13-7-5-4-6-11(12)13/h4-7,10,12H,8-9H2,1-3H3,(H2,15,16,18). The molecule has 0 aromatic heterocycles. The molecule has 1 aliphatic rings. The highest BCUT2D eigenvalue weighted by Crippen LogP contribution is 2.34. The maximum Gasteiger partial charge on any atom is 0.315 e. The van der Waals surface area contributed by atoms with Crippen LogP contribution in [-0.4, -0.2) is 33.3 Å². The molecule has 7 heteroatoms. The molecule has 21 heavy (non-hydrogen) atoms. The third kappa shape index (κ3) is 3.66.